The van der Waals surface area contributed by atoms with Crippen LogP contribution in [0.3, 0.4) is 0 Å². The van der Waals surface area contributed by atoms with Crippen molar-refractivity contribution in [3.8, 4) is 17.2 Å². The SMILES string of the molecule is COc1ccc(-n2c(SCc3cc(OC(F)F)ccc3Cl)nc3sc4c(c3c2=O)CCCCC4)cc1. The van der Waals surface area contributed by atoms with Crippen LogP contribution >= 0.6 is 34.7 Å². The first-order chi connectivity index (χ1) is 17.4. The third kappa shape index (κ3) is 5.10. The molecule has 1 aliphatic rings. The zero-order valence-electron chi connectivity index (χ0n) is 19.4. The number of methoxy groups -OCH3 is 1. The van der Waals surface area contributed by atoms with Crippen LogP contribution in [0.25, 0.3) is 15.9 Å². The van der Waals surface area contributed by atoms with Crippen molar-refractivity contribution in [3.05, 3.63) is 73.8 Å². The molecule has 5 nitrogen and oxygen atoms in total. The number of alkyl halides is 2. The van der Waals surface area contributed by atoms with E-state index in [1.54, 1.807) is 35.1 Å². The summed E-state index contributed by atoms with van der Waals surface area (Å²) in [4.78, 5) is 20.9. The lowest BCUT2D eigenvalue weighted by Crippen LogP contribution is -2.22. The van der Waals surface area contributed by atoms with E-state index in [1.807, 2.05) is 12.1 Å². The lowest BCUT2D eigenvalue weighted by molar-refractivity contribution is -0.0498. The number of ether oxygens (including phenoxy) is 2. The monoisotopic (exact) mass is 548 g/mol. The number of fused-ring (bicyclic) bond motifs is 3. The van der Waals surface area contributed by atoms with E-state index in [-0.39, 0.29) is 11.3 Å². The second kappa shape index (κ2) is 10.8. The maximum atomic E-state index is 14.0. The minimum atomic E-state index is -2.93. The van der Waals surface area contributed by atoms with Gasteiger partial charge in [-0.15, -0.1) is 11.3 Å². The number of hydrogen-bond donors (Lipinski definition) is 0. The van der Waals surface area contributed by atoms with Crippen LogP contribution in [0, 0.1) is 0 Å². The topological polar surface area (TPSA) is 53.4 Å². The number of halogens is 3. The van der Waals surface area contributed by atoms with Crippen LogP contribution in [-0.4, -0.2) is 23.3 Å². The fourth-order valence-electron chi connectivity index (χ4n) is 4.40. The molecule has 4 aromatic rings. The van der Waals surface area contributed by atoms with Crippen LogP contribution < -0.4 is 15.0 Å². The van der Waals surface area contributed by atoms with Crippen LogP contribution in [0.2, 0.25) is 5.02 Å². The molecule has 0 radical (unpaired) electrons. The van der Waals surface area contributed by atoms with Gasteiger partial charge in [0.2, 0.25) is 0 Å². The summed E-state index contributed by atoms with van der Waals surface area (Å²) < 4.78 is 36.8. The molecule has 0 bridgehead atoms. The summed E-state index contributed by atoms with van der Waals surface area (Å²) in [7, 11) is 1.59. The van der Waals surface area contributed by atoms with Gasteiger partial charge >= 0.3 is 6.61 Å². The smallest absolute Gasteiger partial charge is 0.387 e. The van der Waals surface area contributed by atoms with Gasteiger partial charge in [0.15, 0.2) is 5.16 Å². The van der Waals surface area contributed by atoms with Gasteiger partial charge in [0.25, 0.3) is 5.56 Å². The molecule has 2 heterocycles. The van der Waals surface area contributed by atoms with Crippen LogP contribution in [-0.2, 0) is 18.6 Å². The van der Waals surface area contributed by atoms with E-state index >= 15 is 0 Å². The first-order valence-corrected chi connectivity index (χ1v) is 13.7. The van der Waals surface area contributed by atoms with E-state index in [4.69, 9.17) is 21.3 Å². The Kier molecular flexibility index (Phi) is 7.50. The third-order valence-electron chi connectivity index (χ3n) is 6.14. The maximum Gasteiger partial charge on any atom is 0.387 e. The molecular weight excluding hydrogens is 526 g/mol. The predicted molar refractivity (Wildman–Crippen MR) is 141 cm³/mol. The Morgan fingerprint density at radius 1 is 1.11 bits per heavy atom. The molecule has 188 valence electrons. The Labute approximate surface area is 220 Å². The van der Waals surface area contributed by atoms with E-state index < -0.39 is 6.61 Å². The van der Waals surface area contributed by atoms with Crippen LogP contribution in [0.4, 0.5) is 8.78 Å². The van der Waals surface area contributed by atoms with Crippen molar-refractivity contribution in [2.45, 2.75) is 49.6 Å². The summed E-state index contributed by atoms with van der Waals surface area (Å²) in [6.07, 6.45) is 5.18. The van der Waals surface area contributed by atoms with Gasteiger partial charge in [0.05, 0.1) is 18.2 Å². The minimum absolute atomic E-state index is 0.0305. The lowest BCUT2D eigenvalue weighted by Gasteiger charge is -2.14. The van der Waals surface area contributed by atoms with E-state index in [9.17, 15) is 13.6 Å². The molecule has 0 spiro atoms. The van der Waals surface area contributed by atoms with Gasteiger partial charge < -0.3 is 9.47 Å². The Morgan fingerprint density at radius 3 is 2.61 bits per heavy atom. The van der Waals surface area contributed by atoms with E-state index in [0.29, 0.717) is 38.3 Å². The molecule has 0 amide bonds. The number of hydrogen-bond acceptors (Lipinski definition) is 6. The van der Waals surface area contributed by atoms with Gasteiger partial charge in [-0.3, -0.25) is 9.36 Å². The van der Waals surface area contributed by atoms with Crippen molar-refractivity contribution < 1.29 is 18.3 Å². The Bertz CT molecular complexity index is 1450. The van der Waals surface area contributed by atoms with E-state index in [0.717, 1.165) is 42.5 Å². The van der Waals surface area contributed by atoms with Crippen molar-refractivity contribution in [3.63, 3.8) is 0 Å². The minimum Gasteiger partial charge on any atom is -0.497 e. The highest BCUT2D eigenvalue weighted by Gasteiger charge is 2.22. The van der Waals surface area contributed by atoms with Gasteiger partial charge in [-0.25, -0.2) is 4.98 Å². The number of thiophene rings is 1. The summed E-state index contributed by atoms with van der Waals surface area (Å²) in [5, 5.41) is 1.62. The molecule has 36 heavy (non-hydrogen) atoms. The molecule has 2 aromatic heterocycles. The normalized spacial score (nSPS) is 13.6. The highest BCUT2D eigenvalue weighted by atomic mass is 35.5. The zero-order valence-corrected chi connectivity index (χ0v) is 21.8. The molecule has 1 aliphatic carbocycles. The van der Waals surface area contributed by atoms with Gasteiger partial charge in [-0.2, -0.15) is 8.78 Å². The Morgan fingerprint density at radius 2 is 1.86 bits per heavy atom. The van der Waals surface area contributed by atoms with Crippen LogP contribution in [0.5, 0.6) is 11.5 Å². The molecule has 0 atom stereocenters. The van der Waals surface area contributed by atoms with Crippen LogP contribution in [0.1, 0.15) is 35.3 Å². The maximum absolute atomic E-state index is 14.0. The number of benzene rings is 2. The fraction of sp³-hybridized carbons (Fsp3) is 0.308. The molecule has 0 unspecified atom stereocenters. The summed E-state index contributed by atoms with van der Waals surface area (Å²) in [6.45, 7) is -2.93. The first-order valence-electron chi connectivity index (χ1n) is 11.5. The molecular formula is C26H23ClF2N2O3S2. The first kappa shape index (κ1) is 25.0. The molecule has 0 aliphatic heterocycles. The molecule has 10 heteroatoms. The zero-order chi connectivity index (χ0) is 25.2. The van der Waals surface area contributed by atoms with E-state index in [2.05, 4.69) is 4.74 Å². The van der Waals surface area contributed by atoms with E-state index in [1.165, 1.54) is 34.8 Å². The van der Waals surface area contributed by atoms with Crippen LogP contribution in [0.15, 0.2) is 52.4 Å². The number of aryl methyl sites for hydroxylation is 2. The summed E-state index contributed by atoms with van der Waals surface area (Å²) >= 11 is 9.27. The van der Waals surface area contributed by atoms with Gasteiger partial charge in [-0.05, 0) is 79.3 Å². The molecule has 0 saturated heterocycles. The third-order valence-corrected chi connectivity index (χ3v) is 8.68. The fourth-order valence-corrected chi connectivity index (χ4v) is 6.97. The summed E-state index contributed by atoms with van der Waals surface area (Å²) in [6, 6.07) is 11.7. The van der Waals surface area contributed by atoms with Crippen molar-refractivity contribution in [2.75, 3.05) is 7.11 Å². The Balaban J connectivity index is 1.60. The van der Waals surface area contributed by atoms with Crippen molar-refractivity contribution in [2.24, 2.45) is 0 Å². The average molecular weight is 549 g/mol. The predicted octanol–water partition coefficient (Wildman–Crippen LogP) is 7.27. The largest absolute Gasteiger partial charge is 0.497 e. The number of rotatable bonds is 7. The lowest BCUT2D eigenvalue weighted by atomic mass is 10.1. The van der Waals surface area contributed by atoms with Gasteiger partial charge in [0.1, 0.15) is 16.3 Å². The number of thioether (sulfide) groups is 1. The molecule has 5 rings (SSSR count). The highest BCUT2D eigenvalue weighted by molar-refractivity contribution is 7.98. The Hall–Kier alpha value is -2.62. The molecule has 0 saturated carbocycles. The van der Waals surface area contributed by atoms with Gasteiger partial charge in [-0.1, -0.05) is 29.8 Å². The molecule has 0 N–H and O–H groups in total. The average Bonchev–Trinajstić information content (AvgIpc) is 3.05. The number of nitrogens with zero attached hydrogens (tertiary/aromatic N) is 2. The second-order valence-electron chi connectivity index (χ2n) is 8.40. The summed E-state index contributed by atoms with van der Waals surface area (Å²) in [5.41, 5.74) is 2.31. The molecule has 0 fully saturated rings. The summed E-state index contributed by atoms with van der Waals surface area (Å²) in [5.74, 6) is 1.03. The van der Waals surface area contributed by atoms with Crippen molar-refractivity contribution in [1.82, 2.24) is 9.55 Å². The highest BCUT2D eigenvalue weighted by Crippen LogP contribution is 2.36. The van der Waals surface area contributed by atoms with Gasteiger partial charge in [0, 0.05) is 15.7 Å². The molecule has 2 aromatic carbocycles. The number of aromatic nitrogens is 2. The standard InChI is InChI=1S/C26H23ClF2N2O3S2/c1-33-17-9-7-16(8-10-17)31-24(32)22-19-5-3-2-4-6-21(19)36-23(22)30-26(31)35-14-15-13-18(34-25(28)29)11-12-20(15)27/h7-13,25H,2-6,14H2,1H3. The van der Waals surface area contributed by atoms with Crippen molar-refractivity contribution in [1.29, 1.82) is 0 Å². The quantitative estimate of drug-likeness (QED) is 0.138. The second-order valence-corrected chi connectivity index (χ2v) is 10.8. The van der Waals surface area contributed by atoms with Crippen molar-refractivity contribution >= 4 is 44.9 Å².